The molecule has 2 heteroatoms. The molecule has 0 aliphatic carbocycles. The van der Waals surface area contributed by atoms with Gasteiger partial charge in [-0.1, -0.05) is 0 Å². The Labute approximate surface area is 44.1 Å². The molecule has 0 aromatic rings. The van der Waals surface area contributed by atoms with Crippen molar-refractivity contribution >= 4 is 12.6 Å². The van der Waals surface area contributed by atoms with Gasteiger partial charge in [0, 0.05) is 19.5 Å². The Balaban J connectivity index is 2.34. The Morgan fingerprint density at radius 3 is 2.67 bits per heavy atom. The highest BCUT2D eigenvalue weighted by atomic mass is 32.1. The van der Waals surface area contributed by atoms with Crippen LogP contribution >= 0.6 is 12.6 Å². The van der Waals surface area contributed by atoms with E-state index in [0.717, 1.165) is 13.0 Å². The van der Waals surface area contributed by atoms with E-state index in [1.807, 2.05) is 0 Å². The summed E-state index contributed by atoms with van der Waals surface area (Å²) >= 11 is 3.85. The van der Waals surface area contributed by atoms with Gasteiger partial charge in [0.25, 0.3) is 0 Å². The third-order valence-electron chi connectivity index (χ3n) is 0.451. The molecule has 0 fully saturated rings. The summed E-state index contributed by atoms with van der Waals surface area (Å²) in [6, 6.07) is 0. The minimum atomic E-state index is 0.781. The number of hydrogen-bond donors (Lipinski definition) is 1. The van der Waals surface area contributed by atoms with E-state index >= 15 is 0 Å². The predicted octanol–water partition coefficient (Wildman–Crippen LogP) is 1.11. The van der Waals surface area contributed by atoms with Crippen molar-refractivity contribution in [3.05, 3.63) is 5.75 Å². The normalized spacial score (nSPS) is 9.00. The maximum atomic E-state index is 4.70. The minimum Gasteiger partial charge on any atom is -0.385 e. The number of ether oxygens (including phenoxy) is 1. The number of methoxy groups -OCH3 is 1. The average Bonchev–Trinajstić information content (AvgIpc) is 1.61. The van der Waals surface area contributed by atoms with E-state index < -0.39 is 0 Å². The first-order valence-corrected chi connectivity index (χ1v) is 2.38. The van der Waals surface area contributed by atoms with Gasteiger partial charge in [0.1, 0.15) is 0 Å². The zero-order valence-electron chi connectivity index (χ0n) is 3.85. The van der Waals surface area contributed by atoms with E-state index in [0.29, 0.717) is 0 Å². The molecule has 0 saturated carbocycles. The molecule has 1 radical (unpaired) electrons. The Bertz CT molecular complexity index is 19.5. The first-order valence-electron chi connectivity index (χ1n) is 1.86. The molecule has 0 N–H and O–H groups in total. The van der Waals surface area contributed by atoms with Gasteiger partial charge in [-0.3, -0.25) is 0 Å². The van der Waals surface area contributed by atoms with Gasteiger partial charge in [-0.2, -0.15) is 12.6 Å². The van der Waals surface area contributed by atoms with Gasteiger partial charge in [0.15, 0.2) is 0 Å². The van der Waals surface area contributed by atoms with Crippen LogP contribution in [0.15, 0.2) is 0 Å². The predicted molar refractivity (Wildman–Crippen MR) is 29.8 cm³/mol. The molecule has 0 aliphatic heterocycles. The van der Waals surface area contributed by atoms with Crippen molar-refractivity contribution in [3.8, 4) is 0 Å². The molecule has 0 rings (SSSR count). The maximum absolute atomic E-state index is 4.70. The lowest BCUT2D eigenvalue weighted by atomic mass is 10.5. The molecule has 0 bridgehead atoms. The SMILES string of the molecule is COCC[CH]S. The van der Waals surface area contributed by atoms with Crippen LogP contribution in [0.5, 0.6) is 0 Å². The third-order valence-corrected chi connectivity index (χ3v) is 0.709. The molecule has 0 heterocycles. The number of hydrogen-bond acceptors (Lipinski definition) is 2. The van der Waals surface area contributed by atoms with Crippen LogP contribution in [0.3, 0.4) is 0 Å². The van der Waals surface area contributed by atoms with E-state index in [9.17, 15) is 0 Å². The quantitative estimate of drug-likeness (QED) is 0.418. The van der Waals surface area contributed by atoms with Crippen LogP contribution in [0.1, 0.15) is 6.42 Å². The topological polar surface area (TPSA) is 9.23 Å². The summed E-state index contributed by atoms with van der Waals surface area (Å²) in [5.41, 5.74) is 0. The largest absolute Gasteiger partial charge is 0.385 e. The summed E-state index contributed by atoms with van der Waals surface area (Å²) in [6.45, 7) is 0.781. The summed E-state index contributed by atoms with van der Waals surface area (Å²) in [6.07, 6.45) is 0.930. The molecule has 0 spiro atoms. The van der Waals surface area contributed by atoms with Crippen LogP contribution in [-0.2, 0) is 4.74 Å². The van der Waals surface area contributed by atoms with E-state index in [-0.39, 0.29) is 0 Å². The lowest BCUT2D eigenvalue weighted by Crippen LogP contribution is -1.83. The van der Waals surface area contributed by atoms with Gasteiger partial charge in [-0.15, -0.1) is 0 Å². The molecular weight excluding hydrogens is 96.1 g/mol. The van der Waals surface area contributed by atoms with Crippen molar-refractivity contribution in [2.24, 2.45) is 0 Å². The number of thiol groups is 1. The summed E-state index contributed by atoms with van der Waals surface area (Å²) in [5.74, 6) is 1.78. The van der Waals surface area contributed by atoms with Gasteiger partial charge in [-0.25, -0.2) is 0 Å². The Kier molecular flexibility index (Phi) is 5.58. The summed E-state index contributed by atoms with van der Waals surface area (Å²) in [7, 11) is 1.68. The van der Waals surface area contributed by atoms with Crippen LogP contribution in [0.2, 0.25) is 0 Å². The lowest BCUT2D eigenvalue weighted by molar-refractivity contribution is 0.203. The van der Waals surface area contributed by atoms with Crippen molar-refractivity contribution in [2.45, 2.75) is 6.42 Å². The first-order chi connectivity index (χ1) is 2.91. The molecule has 6 heavy (non-hydrogen) atoms. The van der Waals surface area contributed by atoms with Crippen LogP contribution in [-0.4, -0.2) is 13.7 Å². The fraction of sp³-hybridized carbons (Fsp3) is 0.750. The molecule has 0 unspecified atom stereocenters. The molecule has 0 aromatic heterocycles. The van der Waals surface area contributed by atoms with Gasteiger partial charge < -0.3 is 4.74 Å². The molecular formula is C4H9OS. The standard InChI is InChI=1S/C4H9OS/c1-5-3-2-4-6/h4,6H,2-3H2,1H3. The Morgan fingerprint density at radius 1 is 1.83 bits per heavy atom. The molecule has 1 nitrogen and oxygen atoms in total. The molecule has 37 valence electrons. The van der Waals surface area contributed by atoms with Crippen LogP contribution < -0.4 is 0 Å². The van der Waals surface area contributed by atoms with Crippen molar-refractivity contribution in [2.75, 3.05) is 13.7 Å². The number of rotatable bonds is 3. The lowest BCUT2D eigenvalue weighted by Gasteiger charge is -1.88. The Morgan fingerprint density at radius 2 is 2.50 bits per heavy atom. The van der Waals surface area contributed by atoms with Crippen molar-refractivity contribution in [1.82, 2.24) is 0 Å². The monoisotopic (exact) mass is 105 g/mol. The van der Waals surface area contributed by atoms with E-state index in [4.69, 9.17) is 4.74 Å². The second kappa shape index (κ2) is 5.31. The van der Waals surface area contributed by atoms with E-state index in [1.54, 1.807) is 12.9 Å². The highest BCUT2D eigenvalue weighted by Gasteiger charge is 1.75. The van der Waals surface area contributed by atoms with Gasteiger partial charge >= 0.3 is 0 Å². The van der Waals surface area contributed by atoms with Crippen molar-refractivity contribution in [3.63, 3.8) is 0 Å². The second-order valence-corrected chi connectivity index (χ2v) is 1.33. The van der Waals surface area contributed by atoms with Gasteiger partial charge in [-0.05, 0) is 6.42 Å². The third kappa shape index (κ3) is 4.31. The van der Waals surface area contributed by atoms with E-state index in [1.165, 1.54) is 0 Å². The first kappa shape index (κ1) is 6.31. The highest BCUT2D eigenvalue weighted by molar-refractivity contribution is 7.82. The van der Waals surface area contributed by atoms with E-state index in [2.05, 4.69) is 12.6 Å². The van der Waals surface area contributed by atoms with Gasteiger partial charge in [0.05, 0.1) is 0 Å². The Hall–Kier alpha value is 0.310. The minimum absolute atomic E-state index is 0.781. The molecule has 0 atom stereocenters. The molecule has 0 aromatic carbocycles. The molecule has 0 amide bonds. The van der Waals surface area contributed by atoms with Crippen LogP contribution in [0.25, 0.3) is 0 Å². The highest BCUT2D eigenvalue weighted by Crippen LogP contribution is 1.88. The summed E-state index contributed by atoms with van der Waals surface area (Å²) in [5, 5.41) is 0. The van der Waals surface area contributed by atoms with Crippen LogP contribution in [0, 0.1) is 5.75 Å². The average molecular weight is 105 g/mol. The second-order valence-electron chi connectivity index (χ2n) is 0.964. The summed E-state index contributed by atoms with van der Waals surface area (Å²) in [4.78, 5) is 0. The fourth-order valence-corrected chi connectivity index (χ4v) is 0.276. The van der Waals surface area contributed by atoms with Crippen LogP contribution in [0.4, 0.5) is 0 Å². The van der Waals surface area contributed by atoms with Gasteiger partial charge in [0.2, 0.25) is 0 Å². The van der Waals surface area contributed by atoms with Crippen molar-refractivity contribution in [1.29, 1.82) is 0 Å². The molecule has 0 saturated heterocycles. The maximum Gasteiger partial charge on any atom is 0.0473 e. The fourth-order valence-electron chi connectivity index (χ4n) is 0.171. The smallest absolute Gasteiger partial charge is 0.0473 e. The zero-order valence-corrected chi connectivity index (χ0v) is 4.74. The van der Waals surface area contributed by atoms with Crippen molar-refractivity contribution < 1.29 is 4.74 Å². The zero-order chi connectivity index (χ0) is 4.83. The summed E-state index contributed by atoms with van der Waals surface area (Å²) < 4.78 is 4.70. The molecule has 0 aliphatic rings.